The highest BCUT2D eigenvalue weighted by Gasteiger charge is 2.12. The molecule has 0 aliphatic heterocycles. The van der Waals surface area contributed by atoms with Gasteiger partial charge in [-0.15, -0.1) is 0 Å². The maximum absolute atomic E-state index is 14.0. The first-order valence-corrected chi connectivity index (χ1v) is 10.8. The van der Waals surface area contributed by atoms with Crippen molar-refractivity contribution < 1.29 is 8.78 Å². The van der Waals surface area contributed by atoms with Gasteiger partial charge in [-0.1, -0.05) is 49.2 Å². The zero-order chi connectivity index (χ0) is 24.1. The molecule has 0 aliphatic carbocycles. The van der Waals surface area contributed by atoms with E-state index in [1.807, 2.05) is 24.3 Å². The molecule has 0 aliphatic rings. The first kappa shape index (κ1) is 27.4. The topological polar surface area (TPSA) is 104 Å². The third kappa shape index (κ3) is 8.46. The number of nitrogens with two attached hydrogens (primary N) is 4. The normalized spacial score (nSPS) is 9.97. The lowest BCUT2D eigenvalue weighted by molar-refractivity contribution is 0.564. The molecule has 0 radical (unpaired) electrons. The number of benzene rings is 3. The van der Waals surface area contributed by atoms with Crippen LogP contribution in [-0.4, -0.2) is 7.05 Å². The number of rotatable bonds is 6. The van der Waals surface area contributed by atoms with Gasteiger partial charge in [-0.3, -0.25) is 0 Å². The Bertz CT molecular complexity index is 980. The largest absolute Gasteiger partial charge is 0.399 e. The van der Waals surface area contributed by atoms with Crippen molar-refractivity contribution in [2.75, 3.05) is 18.5 Å². The summed E-state index contributed by atoms with van der Waals surface area (Å²) in [5.41, 5.74) is 25.7. The van der Waals surface area contributed by atoms with E-state index in [2.05, 4.69) is 12.7 Å². The molecule has 0 heterocycles. The number of unbranched alkanes of at least 4 members (excludes halogenated alkanes) is 1. The minimum absolute atomic E-state index is 0.456. The molecule has 174 valence electrons. The summed E-state index contributed by atoms with van der Waals surface area (Å²) in [6, 6.07) is 15.1. The molecule has 0 spiro atoms. The van der Waals surface area contributed by atoms with E-state index in [9.17, 15) is 8.78 Å². The van der Waals surface area contributed by atoms with Gasteiger partial charge in [0.2, 0.25) is 0 Å². The predicted octanol–water partition coefficient (Wildman–Crippen LogP) is 5.44. The van der Waals surface area contributed by atoms with Crippen molar-refractivity contribution in [3.05, 3.63) is 93.5 Å². The molecule has 0 unspecified atom stereocenters. The van der Waals surface area contributed by atoms with Gasteiger partial charge in [0.15, 0.2) is 0 Å². The number of hydrogen-bond donors (Lipinski definition) is 4. The molecule has 8 N–H and O–H groups in total. The standard InChI is InChI=1S/C17H19F2N.C7H9ClN2.CH5N/c1-2-3-7-15-13(10-14(18)11-16(15)19)9-12-6-4-5-8-17(12)20;8-7-3-6(10)2-1-5(7)4-9;1-2/h4-6,8,10-11H,2-3,7,9,20H2,1H3;1-3H,4,9-10H2;2H2,1H3. The van der Waals surface area contributed by atoms with Crippen LogP contribution < -0.4 is 22.9 Å². The lowest BCUT2D eigenvalue weighted by Gasteiger charge is -2.12. The minimum atomic E-state index is -0.535. The average Bonchev–Trinajstić information content (AvgIpc) is 2.77. The van der Waals surface area contributed by atoms with Crippen LogP contribution in [0.2, 0.25) is 5.02 Å². The van der Waals surface area contributed by atoms with Crippen molar-refractivity contribution in [1.82, 2.24) is 0 Å². The van der Waals surface area contributed by atoms with Gasteiger partial charge in [-0.2, -0.15) is 0 Å². The highest BCUT2D eigenvalue weighted by Crippen LogP contribution is 2.24. The Kier molecular flexibility index (Phi) is 12.3. The van der Waals surface area contributed by atoms with E-state index in [1.54, 1.807) is 18.2 Å². The molecular formula is C25H33ClF2N4. The molecular weight excluding hydrogens is 430 g/mol. The SMILES string of the molecule is CCCCc1c(F)cc(F)cc1Cc1ccccc1N.CN.NCc1ccc(N)cc1Cl. The fourth-order valence-corrected chi connectivity index (χ4v) is 3.34. The van der Waals surface area contributed by atoms with Crippen molar-refractivity contribution in [3.63, 3.8) is 0 Å². The van der Waals surface area contributed by atoms with E-state index in [-0.39, 0.29) is 0 Å². The summed E-state index contributed by atoms with van der Waals surface area (Å²) in [4.78, 5) is 0. The van der Waals surface area contributed by atoms with E-state index >= 15 is 0 Å². The molecule has 3 rings (SSSR count). The third-order valence-electron chi connectivity index (χ3n) is 4.77. The second kappa shape index (κ2) is 14.4. The fraction of sp³-hybridized carbons (Fsp3) is 0.280. The highest BCUT2D eigenvalue weighted by molar-refractivity contribution is 6.31. The second-order valence-corrected chi connectivity index (χ2v) is 7.47. The Morgan fingerprint density at radius 1 is 0.875 bits per heavy atom. The molecule has 0 atom stereocenters. The zero-order valence-corrected chi connectivity index (χ0v) is 19.4. The van der Waals surface area contributed by atoms with Crippen LogP contribution in [0.3, 0.4) is 0 Å². The Morgan fingerprint density at radius 3 is 2.16 bits per heavy atom. The second-order valence-electron chi connectivity index (χ2n) is 7.06. The van der Waals surface area contributed by atoms with Crippen molar-refractivity contribution in [2.24, 2.45) is 11.5 Å². The summed E-state index contributed by atoms with van der Waals surface area (Å²) in [6.45, 7) is 2.51. The van der Waals surface area contributed by atoms with Crippen molar-refractivity contribution >= 4 is 23.0 Å². The highest BCUT2D eigenvalue weighted by atomic mass is 35.5. The van der Waals surface area contributed by atoms with Crippen molar-refractivity contribution in [3.8, 4) is 0 Å². The minimum Gasteiger partial charge on any atom is -0.399 e. The molecule has 0 aromatic heterocycles. The number of nitrogen functional groups attached to an aromatic ring is 2. The Morgan fingerprint density at radius 2 is 1.56 bits per heavy atom. The molecule has 4 nitrogen and oxygen atoms in total. The molecule has 0 saturated heterocycles. The van der Waals surface area contributed by atoms with E-state index in [0.717, 1.165) is 30.0 Å². The maximum atomic E-state index is 14.0. The molecule has 0 amide bonds. The molecule has 32 heavy (non-hydrogen) atoms. The zero-order valence-electron chi connectivity index (χ0n) is 18.7. The number of anilines is 2. The summed E-state index contributed by atoms with van der Waals surface area (Å²) in [5.74, 6) is -0.991. The lowest BCUT2D eigenvalue weighted by Crippen LogP contribution is -2.03. The van der Waals surface area contributed by atoms with Gasteiger partial charge < -0.3 is 22.9 Å². The average molecular weight is 463 g/mol. The van der Waals surface area contributed by atoms with Gasteiger partial charge in [-0.25, -0.2) is 8.78 Å². The number of para-hydroxylation sites is 1. The molecule has 0 fully saturated rings. The van der Waals surface area contributed by atoms with Crippen molar-refractivity contribution in [2.45, 2.75) is 39.2 Å². The molecule has 7 heteroatoms. The number of halogens is 3. The molecule has 3 aromatic rings. The first-order valence-electron chi connectivity index (χ1n) is 10.5. The summed E-state index contributed by atoms with van der Waals surface area (Å²) in [6.07, 6.45) is 2.95. The summed E-state index contributed by atoms with van der Waals surface area (Å²) in [5, 5.41) is 0.641. The van der Waals surface area contributed by atoms with Crippen molar-refractivity contribution in [1.29, 1.82) is 0 Å². The van der Waals surface area contributed by atoms with Gasteiger partial charge in [-0.05, 0) is 72.8 Å². The van der Waals surface area contributed by atoms with Crippen LogP contribution in [0.5, 0.6) is 0 Å². The van der Waals surface area contributed by atoms with Crippen LogP contribution in [0.15, 0.2) is 54.6 Å². The summed E-state index contributed by atoms with van der Waals surface area (Å²) >= 11 is 5.77. The van der Waals surface area contributed by atoms with Crippen LogP contribution in [0.25, 0.3) is 0 Å². The van der Waals surface area contributed by atoms with Crippen LogP contribution >= 0.6 is 11.6 Å². The molecule has 0 saturated carbocycles. The maximum Gasteiger partial charge on any atom is 0.129 e. The predicted molar refractivity (Wildman–Crippen MR) is 132 cm³/mol. The van der Waals surface area contributed by atoms with Gasteiger partial charge in [0, 0.05) is 29.0 Å². The van der Waals surface area contributed by atoms with Crippen LogP contribution in [0, 0.1) is 11.6 Å². The Hall–Kier alpha value is -2.67. The Labute approximate surface area is 194 Å². The summed E-state index contributed by atoms with van der Waals surface area (Å²) < 4.78 is 27.4. The Balaban J connectivity index is 0.000000358. The lowest BCUT2D eigenvalue weighted by atomic mass is 9.95. The smallest absolute Gasteiger partial charge is 0.129 e. The fourth-order valence-electron chi connectivity index (χ4n) is 3.08. The van der Waals surface area contributed by atoms with Gasteiger partial charge in [0.25, 0.3) is 0 Å². The third-order valence-corrected chi connectivity index (χ3v) is 5.12. The van der Waals surface area contributed by atoms with Crippen LogP contribution in [0.4, 0.5) is 20.2 Å². The van der Waals surface area contributed by atoms with Gasteiger partial charge >= 0.3 is 0 Å². The van der Waals surface area contributed by atoms with Gasteiger partial charge in [0.05, 0.1) is 0 Å². The van der Waals surface area contributed by atoms with E-state index in [4.69, 9.17) is 28.8 Å². The van der Waals surface area contributed by atoms with E-state index < -0.39 is 11.6 Å². The van der Waals surface area contributed by atoms with Crippen LogP contribution in [0.1, 0.15) is 42.0 Å². The first-order chi connectivity index (χ1) is 15.3. The molecule has 3 aromatic carbocycles. The molecule has 0 bridgehead atoms. The quantitative estimate of drug-likeness (QED) is 0.366. The monoisotopic (exact) mass is 462 g/mol. The van der Waals surface area contributed by atoms with Crippen LogP contribution in [-0.2, 0) is 19.4 Å². The summed E-state index contributed by atoms with van der Waals surface area (Å²) in [7, 11) is 1.50. The van der Waals surface area contributed by atoms with Gasteiger partial charge in [0.1, 0.15) is 11.6 Å². The van der Waals surface area contributed by atoms with E-state index in [0.29, 0.717) is 46.9 Å². The van der Waals surface area contributed by atoms with E-state index in [1.165, 1.54) is 13.1 Å². The number of hydrogen-bond acceptors (Lipinski definition) is 4.